The third-order valence-corrected chi connectivity index (χ3v) is 2.11. The predicted molar refractivity (Wildman–Crippen MR) is 60.6 cm³/mol. The van der Waals surface area contributed by atoms with Gasteiger partial charge < -0.3 is 15.7 Å². The standard InChI is InChI=1S/C10H16N4O3/c1-7-5-12-14(6-7)4-3-11-10(17)13-8(2)9(15)16/h5-6,8H,3-4H2,1-2H3,(H,15,16)(H2,11,13,17). The maximum Gasteiger partial charge on any atom is 0.325 e. The van der Waals surface area contributed by atoms with E-state index in [1.165, 1.54) is 6.92 Å². The number of carbonyl (C=O) groups excluding carboxylic acids is 1. The van der Waals surface area contributed by atoms with Gasteiger partial charge in [0.05, 0.1) is 12.7 Å². The molecule has 0 bridgehead atoms. The summed E-state index contributed by atoms with van der Waals surface area (Å²) in [5.74, 6) is -1.07. The van der Waals surface area contributed by atoms with Crippen molar-refractivity contribution in [2.24, 2.45) is 0 Å². The molecule has 0 fully saturated rings. The Labute approximate surface area is 98.8 Å². The molecular formula is C10H16N4O3. The Morgan fingerprint density at radius 1 is 1.59 bits per heavy atom. The van der Waals surface area contributed by atoms with Crippen LogP contribution >= 0.6 is 0 Å². The zero-order chi connectivity index (χ0) is 12.8. The fourth-order valence-electron chi connectivity index (χ4n) is 1.18. The molecule has 1 unspecified atom stereocenters. The van der Waals surface area contributed by atoms with Crippen molar-refractivity contribution in [1.29, 1.82) is 0 Å². The van der Waals surface area contributed by atoms with Crippen LogP contribution in [-0.4, -0.2) is 39.5 Å². The van der Waals surface area contributed by atoms with E-state index < -0.39 is 18.0 Å². The molecule has 0 aliphatic carbocycles. The first kappa shape index (κ1) is 13.0. The lowest BCUT2D eigenvalue weighted by atomic mass is 10.3. The van der Waals surface area contributed by atoms with Crippen LogP contribution in [0, 0.1) is 6.92 Å². The van der Waals surface area contributed by atoms with E-state index in [-0.39, 0.29) is 0 Å². The summed E-state index contributed by atoms with van der Waals surface area (Å²) in [7, 11) is 0. The zero-order valence-corrected chi connectivity index (χ0v) is 9.80. The molecule has 0 aliphatic heterocycles. The maximum atomic E-state index is 11.2. The summed E-state index contributed by atoms with van der Waals surface area (Å²) in [4.78, 5) is 21.7. The number of carboxylic acid groups (broad SMARTS) is 1. The number of urea groups is 1. The molecule has 0 aliphatic rings. The minimum Gasteiger partial charge on any atom is -0.480 e. The Kier molecular flexibility index (Phi) is 4.50. The van der Waals surface area contributed by atoms with E-state index in [0.717, 1.165) is 5.56 Å². The Morgan fingerprint density at radius 2 is 2.29 bits per heavy atom. The Balaban J connectivity index is 2.22. The van der Waals surface area contributed by atoms with Crippen molar-refractivity contribution in [3.63, 3.8) is 0 Å². The number of aryl methyl sites for hydroxylation is 1. The molecule has 94 valence electrons. The van der Waals surface area contributed by atoms with E-state index in [0.29, 0.717) is 13.1 Å². The summed E-state index contributed by atoms with van der Waals surface area (Å²) in [6, 6.07) is -1.40. The highest BCUT2D eigenvalue weighted by Crippen LogP contribution is 1.92. The number of carbonyl (C=O) groups is 2. The van der Waals surface area contributed by atoms with Gasteiger partial charge in [-0.2, -0.15) is 5.10 Å². The molecule has 7 nitrogen and oxygen atoms in total. The van der Waals surface area contributed by atoms with Crippen molar-refractivity contribution >= 4 is 12.0 Å². The fourth-order valence-corrected chi connectivity index (χ4v) is 1.18. The van der Waals surface area contributed by atoms with Crippen LogP contribution in [0.1, 0.15) is 12.5 Å². The van der Waals surface area contributed by atoms with Gasteiger partial charge in [-0.25, -0.2) is 4.79 Å². The molecule has 7 heteroatoms. The van der Waals surface area contributed by atoms with Crippen LogP contribution in [0.15, 0.2) is 12.4 Å². The number of nitrogens with one attached hydrogen (secondary N) is 2. The van der Waals surface area contributed by atoms with E-state index >= 15 is 0 Å². The number of carboxylic acids is 1. The van der Waals surface area contributed by atoms with Crippen molar-refractivity contribution in [2.45, 2.75) is 26.4 Å². The summed E-state index contributed by atoms with van der Waals surface area (Å²) < 4.78 is 1.70. The second-order valence-electron chi connectivity index (χ2n) is 3.74. The Bertz CT molecular complexity index is 402. The molecule has 0 spiro atoms. The minimum absolute atomic E-state index is 0.388. The molecule has 1 heterocycles. The summed E-state index contributed by atoms with van der Waals surface area (Å²) in [6.07, 6.45) is 3.59. The van der Waals surface area contributed by atoms with Crippen LogP contribution in [0.3, 0.4) is 0 Å². The first-order chi connectivity index (χ1) is 7.99. The molecule has 2 amide bonds. The summed E-state index contributed by atoms with van der Waals surface area (Å²) in [6.45, 7) is 4.26. The number of aromatic nitrogens is 2. The van der Waals surface area contributed by atoms with Crippen LogP contribution in [0.25, 0.3) is 0 Å². The highest BCUT2D eigenvalue weighted by Gasteiger charge is 2.12. The van der Waals surface area contributed by atoms with Gasteiger partial charge in [0.25, 0.3) is 0 Å². The Hall–Kier alpha value is -2.05. The van der Waals surface area contributed by atoms with Gasteiger partial charge in [0, 0.05) is 12.7 Å². The molecule has 1 aromatic rings. The number of nitrogens with zero attached hydrogens (tertiary/aromatic N) is 2. The summed E-state index contributed by atoms with van der Waals surface area (Å²) >= 11 is 0. The molecular weight excluding hydrogens is 224 g/mol. The monoisotopic (exact) mass is 240 g/mol. The van der Waals surface area contributed by atoms with Crippen molar-refractivity contribution in [2.75, 3.05) is 6.54 Å². The van der Waals surface area contributed by atoms with Gasteiger partial charge in [-0.15, -0.1) is 0 Å². The number of amides is 2. The van der Waals surface area contributed by atoms with E-state index in [2.05, 4.69) is 15.7 Å². The number of aliphatic carboxylic acids is 1. The first-order valence-electron chi connectivity index (χ1n) is 5.25. The molecule has 0 aromatic carbocycles. The van der Waals surface area contributed by atoms with Crippen molar-refractivity contribution < 1.29 is 14.7 Å². The van der Waals surface area contributed by atoms with Gasteiger partial charge in [0.15, 0.2) is 0 Å². The van der Waals surface area contributed by atoms with Crippen molar-refractivity contribution in [3.8, 4) is 0 Å². The second-order valence-corrected chi connectivity index (χ2v) is 3.74. The molecule has 3 N–H and O–H groups in total. The number of rotatable bonds is 5. The van der Waals surface area contributed by atoms with Crippen LogP contribution < -0.4 is 10.6 Å². The average Bonchev–Trinajstić information content (AvgIpc) is 2.64. The van der Waals surface area contributed by atoms with E-state index in [1.54, 1.807) is 10.9 Å². The largest absolute Gasteiger partial charge is 0.480 e. The molecule has 17 heavy (non-hydrogen) atoms. The molecule has 1 rings (SSSR count). The predicted octanol–water partition coefficient (Wildman–Crippen LogP) is -0.0362. The van der Waals surface area contributed by atoms with Gasteiger partial charge in [0.1, 0.15) is 6.04 Å². The maximum absolute atomic E-state index is 11.2. The third kappa shape index (κ3) is 4.54. The van der Waals surface area contributed by atoms with Crippen LogP contribution in [-0.2, 0) is 11.3 Å². The van der Waals surface area contributed by atoms with Crippen molar-refractivity contribution in [3.05, 3.63) is 18.0 Å². The van der Waals surface area contributed by atoms with Gasteiger partial charge in [-0.3, -0.25) is 9.48 Å². The lowest BCUT2D eigenvalue weighted by Gasteiger charge is -2.10. The summed E-state index contributed by atoms with van der Waals surface area (Å²) in [5.41, 5.74) is 1.05. The van der Waals surface area contributed by atoms with Crippen molar-refractivity contribution in [1.82, 2.24) is 20.4 Å². The molecule has 0 radical (unpaired) electrons. The summed E-state index contributed by atoms with van der Waals surface area (Å²) in [5, 5.41) is 17.5. The average molecular weight is 240 g/mol. The third-order valence-electron chi connectivity index (χ3n) is 2.11. The smallest absolute Gasteiger partial charge is 0.325 e. The minimum atomic E-state index is -1.07. The van der Waals surface area contributed by atoms with Crippen LogP contribution in [0.5, 0.6) is 0 Å². The lowest BCUT2D eigenvalue weighted by molar-refractivity contribution is -0.138. The zero-order valence-electron chi connectivity index (χ0n) is 9.80. The SMILES string of the molecule is Cc1cnn(CCNC(=O)NC(C)C(=O)O)c1. The molecule has 0 saturated heterocycles. The Morgan fingerprint density at radius 3 is 2.82 bits per heavy atom. The lowest BCUT2D eigenvalue weighted by Crippen LogP contribution is -2.45. The normalized spacial score (nSPS) is 11.9. The van der Waals surface area contributed by atoms with E-state index in [4.69, 9.17) is 5.11 Å². The van der Waals surface area contributed by atoms with Gasteiger partial charge in [-0.05, 0) is 19.4 Å². The fraction of sp³-hybridized carbons (Fsp3) is 0.500. The molecule has 1 aromatic heterocycles. The number of hydrogen-bond acceptors (Lipinski definition) is 3. The second kappa shape index (κ2) is 5.88. The molecule has 0 saturated carbocycles. The van der Waals surface area contributed by atoms with Gasteiger partial charge in [0.2, 0.25) is 0 Å². The van der Waals surface area contributed by atoms with E-state index in [1.807, 2.05) is 13.1 Å². The first-order valence-corrected chi connectivity index (χ1v) is 5.25. The number of hydrogen-bond donors (Lipinski definition) is 3. The van der Waals surface area contributed by atoms with Crippen LogP contribution in [0.4, 0.5) is 4.79 Å². The quantitative estimate of drug-likeness (QED) is 0.673. The molecule has 1 atom stereocenters. The van der Waals surface area contributed by atoms with Gasteiger partial charge in [-0.1, -0.05) is 0 Å². The highest BCUT2D eigenvalue weighted by atomic mass is 16.4. The van der Waals surface area contributed by atoms with Gasteiger partial charge >= 0.3 is 12.0 Å². The highest BCUT2D eigenvalue weighted by molar-refractivity contribution is 5.82. The van der Waals surface area contributed by atoms with Crippen LogP contribution in [0.2, 0.25) is 0 Å². The van der Waals surface area contributed by atoms with E-state index in [9.17, 15) is 9.59 Å². The topological polar surface area (TPSA) is 96.3 Å².